The highest BCUT2D eigenvalue weighted by molar-refractivity contribution is 5.72. The monoisotopic (exact) mass is 411 g/mol. The van der Waals surface area contributed by atoms with Gasteiger partial charge in [-0.3, -0.25) is 4.79 Å². The van der Waals surface area contributed by atoms with Crippen LogP contribution in [0.25, 0.3) is 0 Å². The van der Waals surface area contributed by atoms with Crippen LogP contribution in [0.1, 0.15) is 28.3 Å². The predicted molar refractivity (Wildman–Crippen MR) is 121 cm³/mol. The van der Waals surface area contributed by atoms with Crippen LogP contribution in [0, 0.1) is 0 Å². The maximum Gasteiger partial charge on any atom is 0.309 e. The lowest BCUT2D eigenvalue weighted by molar-refractivity contribution is -0.139. The summed E-state index contributed by atoms with van der Waals surface area (Å²) in [5.74, 6) is 1.55. The van der Waals surface area contributed by atoms with E-state index in [0.717, 1.165) is 34.7 Å². The number of hydrogen-bond acceptors (Lipinski definition) is 3. The molecule has 4 aromatic rings. The zero-order valence-electron chi connectivity index (χ0n) is 17.5. The Bertz CT molecular complexity index is 1100. The number of rotatable bonds is 8. The van der Waals surface area contributed by atoms with Crippen molar-refractivity contribution in [3.05, 3.63) is 120 Å². The Morgan fingerprint density at radius 2 is 1.61 bits per heavy atom. The SMILES string of the molecule is COC(=O)Cc1cccc(C(Cc2ccc(Oc3ccccc3)cc2)c2ccc[nH]2)c1. The van der Waals surface area contributed by atoms with Crippen LogP contribution in [0.3, 0.4) is 0 Å². The van der Waals surface area contributed by atoms with Gasteiger partial charge in [-0.15, -0.1) is 0 Å². The smallest absolute Gasteiger partial charge is 0.309 e. The molecule has 1 N–H and O–H groups in total. The number of hydrogen-bond donors (Lipinski definition) is 1. The summed E-state index contributed by atoms with van der Waals surface area (Å²) in [7, 11) is 1.42. The van der Waals surface area contributed by atoms with Gasteiger partial charge in [-0.1, -0.05) is 54.6 Å². The molecule has 0 spiro atoms. The zero-order valence-corrected chi connectivity index (χ0v) is 17.5. The lowest BCUT2D eigenvalue weighted by atomic mass is 9.88. The van der Waals surface area contributed by atoms with Gasteiger partial charge in [0, 0.05) is 17.8 Å². The maximum absolute atomic E-state index is 11.7. The molecule has 1 aromatic heterocycles. The van der Waals surface area contributed by atoms with Crippen molar-refractivity contribution in [2.24, 2.45) is 0 Å². The first-order chi connectivity index (χ1) is 15.2. The molecule has 156 valence electrons. The van der Waals surface area contributed by atoms with Crippen LogP contribution in [0.2, 0.25) is 0 Å². The lowest BCUT2D eigenvalue weighted by Crippen LogP contribution is -2.08. The van der Waals surface area contributed by atoms with Crippen LogP contribution in [0.5, 0.6) is 11.5 Å². The van der Waals surface area contributed by atoms with Gasteiger partial charge in [0.05, 0.1) is 13.5 Å². The second-order valence-corrected chi connectivity index (χ2v) is 7.44. The normalized spacial score (nSPS) is 11.6. The van der Waals surface area contributed by atoms with E-state index in [0.29, 0.717) is 0 Å². The van der Waals surface area contributed by atoms with Gasteiger partial charge in [-0.05, 0) is 59.5 Å². The summed E-state index contributed by atoms with van der Waals surface area (Å²) in [5.41, 5.74) is 4.46. The first kappa shape index (κ1) is 20.5. The van der Waals surface area contributed by atoms with Crippen molar-refractivity contribution in [1.82, 2.24) is 4.98 Å². The van der Waals surface area contributed by atoms with Crippen molar-refractivity contribution in [3.63, 3.8) is 0 Å². The van der Waals surface area contributed by atoms with E-state index in [1.54, 1.807) is 0 Å². The summed E-state index contributed by atoms with van der Waals surface area (Å²) >= 11 is 0. The van der Waals surface area contributed by atoms with E-state index < -0.39 is 0 Å². The number of esters is 1. The van der Waals surface area contributed by atoms with Gasteiger partial charge >= 0.3 is 5.97 Å². The second-order valence-electron chi connectivity index (χ2n) is 7.44. The molecule has 0 bridgehead atoms. The van der Waals surface area contributed by atoms with E-state index in [9.17, 15) is 4.79 Å². The third-order valence-electron chi connectivity index (χ3n) is 5.27. The molecular formula is C27H25NO3. The van der Waals surface area contributed by atoms with E-state index in [4.69, 9.17) is 9.47 Å². The molecule has 4 rings (SSSR count). The van der Waals surface area contributed by atoms with Crippen molar-refractivity contribution in [2.75, 3.05) is 7.11 Å². The number of nitrogens with one attached hydrogen (secondary N) is 1. The molecule has 1 atom stereocenters. The van der Waals surface area contributed by atoms with E-state index in [-0.39, 0.29) is 18.3 Å². The third kappa shape index (κ3) is 5.43. The van der Waals surface area contributed by atoms with E-state index in [1.165, 1.54) is 12.7 Å². The minimum absolute atomic E-state index is 0.147. The highest BCUT2D eigenvalue weighted by Crippen LogP contribution is 2.30. The highest BCUT2D eigenvalue weighted by atomic mass is 16.5. The topological polar surface area (TPSA) is 51.3 Å². The molecule has 0 amide bonds. The molecule has 0 fully saturated rings. The van der Waals surface area contributed by atoms with Crippen LogP contribution >= 0.6 is 0 Å². The molecule has 0 aliphatic carbocycles. The zero-order chi connectivity index (χ0) is 21.5. The molecular weight excluding hydrogens is 386 g/mol. The van der Waals surface area contributed by atoms with Gasteiger partial charge in [0.15, 0.2) is 0 Å². The molecule has 4 nitrogen and oxygen atoms in total. The minimum Gasteiger partial charge on any atom is -0.469 e. The molecule has 1 heterocycles. The molecule has 31 heavy (non-hydrogen) atoms. The van der Waals surface area contributed by atoms with Crippen LogP contribution in [0.15, 0.2) is 97.2 Å². The predicted octanol–water partition coefficient (Wildman–Crippen LogP) is 5.90. The van der Waals surface area contributed by atoms with Gasteiger partial charge in [0.2, 0.25) is 0 Å². The maximum atomic E-state index is 11.7. The summed E-state index contributed by atoms with van der Waals surface area (Å²) in [6.45, 7) is 0. The average Bonchev–Trinajstić information content (AvgIpc) is 3.34. The van der Waals surface area contributed by atoms with E-state index >= 15 is 0 Å². The van der Waals surface area contributed by atoms with Crippen molar-refractivity contribution in [2.45, 2.75) is 18.8 Å². The minimum atomic E-state index is -0.234. The van der Waals surface area contributed by atoms with Gasteiger partial charge in [-0.25, -0.2) is 0 Å². The third-order valence-corrected chi connectivity index (χ3v) is 5.27. The molecule has 0 saturated heterocycles. The van der Waals surface area contributed by atoms with Crippen LogP contribution in [-0.2, 0) is 22.4 Å². The fourth-order valence-electron chi connectivity index (χ4n) is 3.68. The Morgan fingerprint density at radius 1 is 0.839 bits per heavy atom. The summed E-state index contributed by atoms with van der Waals surface area (Å²) < 4.78 is 10.7. The molecule has 0 saturated carbocycles. The van der Waals surface area contributed by atoms with Crippen molar-refractivity contribution >= 4 is 5.97 Å². The summed E-state index contributed by atoms with van der Waals surface area (Å²) in [5, 5.41) is 0. The largest absolute Gasteiger partial charge is 0.469 e. The molecule has 0 aliphatic rings. The Labute approximate surface area is 182 Å². The van der Waals surface area contributed by atoms with E-state index in [1.807, 2.05) is 66.9 Å². The van der Waals surface area contributed by atoms with Crippen molar-refractivity contribution < 1.29 is 14.3 Å². The number of ether oxygens (including phenoxy) is 2. The summed E-state index contributed by atoms with van der Waals surface area (Å²) in [4.78, 5) is 15.1. The molecule has 0 aliphatic heterocycles. The number of methoxy groups -OCH3 is 1. The Balaban J connectivity index is 1.54. The lowest BCUT2D eigenvalue weighted by Gasteiger charge is -2.18. The molecule has 1 unspecified atom stereocenters. The first-order valence-corrected chi connectivity index (χ1v) is 10.3. The van der Waals surface area contributed by atoms with Gasteiger partial charge in [0.25, 0.3) is 0 Å². The Kier molecular flexibility index (Phi) is 6.48. The molecule has 4 heteroatoms. The highest BCUT2D eigenvalue weighted by Gasteiger charge is 2.17. The number of H-pyrrole nitrogens is 1. The summed E-state index contributed by atoms with van der Waals surface area (Å²) in [6, 6.07) is 30.3. The molecule has 3 aromatic carbocycles. The number of para-hydroxylation sites is 1. The number of aromatic amines is 1. The van der Waals surface area contributed by atoms with E-state index in [2.05, 4.69) is 35.3 Å². The van der Waals surface area contributed by atoms with Crippen LogP contribution in [-0.4, -0.2) is 18.1 Å². The molecule has 0 radical (unpaired) electrons. The van der Waals surface area contributed by atoms with Gasteiger partial charge in [-0.2, -0.15) is 0 Å². The Morgan fingerprint density at radius 3 is 2.32 bits per heavy atom. The number of carbonyl (C=O) groups is 1. The first-order valence-electron chi connectivity index (χ1n) is 10.3. The van der Waals surface area contributed by atoms with Crippen LogP contribution < -0.4 is 4.74 Å². The summed E-state index contributed by atoms with van der Waals surface area (Å²) in [6.07, 6.45) is 3.04. The fourth-order valence-corrected chi connectivity index (χ4v) is 3.68. The average molecular weight is 412 g/mol. The quantitative estimate of drug-likeness (QED) is 0.367. The number of carbonyl (C=O) groups excluding carboxylic acids is 1. The van der Waals surface area contributed by atoms with Crippen molar-refractivity contribution in [3.8, 4) is 11.5 Å². The fraction of sp³-hybridized carbons (Fsp3) is 0.148. The Hall–Kier alpha value is -3.79. The number of aromatic nitrogens is 1. The second kappa shape index (κ2) is 9.81. The van der Waals surface area contributed by atoms with Crippen molar-refractivity contribution in [1.29, 1.82) is 0 Å². The standard InChI is InChI=1S/C27H25NO3/c1-30-27(29)19-21-7-5-8-22(17-21)25(26-11-6-16-28-26)18-20-12-14-24(15-13-20)31-23-9-3-2-4-10-23/h2-17,25,28H,18-19H2,1H3. The van der Waals surface area contributed by atoms with Crippen LogP contribution in [0.4, 0.5) is 0 Å². The number of benzene rings is 3. The van der Waals surface area contributed by atoms with Gasteiger partial charge in [0.1, 0.15) is 11.5 Å². The van der Waals surface area contributed by atoms with Gasteiger partial charge < -0.3 is 14.5 Å².